The third kappa shape index (κ3) is 4.23. The number of urea groups is 1. The largest absolute Gasteiger partial charge is 0.375 e. The number of benzene rings is 1. The molecule has 2 N–H and O–H groups in total. The number of carbonyl (C=O) groups excluding carboxylic acids is 1. The highest BCUT2D eigenvalue weighted by Crippen LogP contribution is 2.39. The van der Waals surface area contributed by atoms with Crippen LogP contribution in [0.5, 0.6) is 0 Å². The summed E-state index contributed by atoms with van der Waals surface area (Å²) in [5, 5.41) is 6.01. The van der Waals surface area contributed by atoms with Crippen LogP contribution in [0, 0.1) is 0 Å². The van der Waals surface area contributed by atoms with E-state index in [0.29, 0.717) is 6.54 Å². The average molecular weight is 302 g/mol. The Balaban J connectivity index is 1.43. The minimum Gasteiger partial charge on any atom is -0.375 e. The summed E-state index contributed by atoms with van der Waals surface area (Å²) in [6, 6.07) is 8.73. The van der Waals surface area contributed by atoms with Gasteiger partial charge in [-0.25, -0.2) is 4.79 Å². The third-order valence-electron chi connectivity index (χ3n) is 4.51. The molecule has 1 aliphatic heterocycles. The second kappa shape index (κ2) is 6.69. The molecule has 120 valence electrons. The Morgan fingerprint density at radius 1 is 1.14 bits per heavy atom. The summed E-state index contributed by atoms with van der Waals surface area (Å²) in [7, 11) is 0. The van der Waals surface area contributed by atoms with Gasteiger partial charge in [-0.1, -0.05) is 24.3 Å². The fraction of sp³-hybridized carbons (Fsp3) is 0.611. The fourth-order valence-electron chi connectivity index (χ4n) is 3.27. The predicted octanol–water partition coefficient (Wildman–Crippen LogP) is 3.32. The first-order valence-corrected chi connectivity index (χ1v) is 8.39. The van der Waals surface area contributed by atoms with Crippen molar-refractivity contribution in [2.45, 2.75) is 70.2 Å². The van der Waals surface area contributed by atoms with Gasteiger partial charge in [-0.05, 0) is 56.6 Å². The molecule has 1 aromatic rings. The lowest BCUT2D eigenvalue weighted by molar-refractivity contribution is -0.0402. The zero-order chi connectivity index (χ0) is 15.5. The van der Waals surface area contributed by atoms with E-state index in [1.54, 1.807) is 0 Å². The molecule has 4 nitrogen and oxygen atoms in total. The highest BCUT2D eigenvalue weighted by molar-refractivity contribution is 5.74. The Hall–Kier alpha value is -1.55. The number of rotatable bonds is 4. The molecule has 0 bridgehead atoms. The van der Waals surface area contributed by atoms with Crippen LogP contribution in [0.2, 0.25) is 0 Å². The van der Waals surface area contributed by atoms with Crippen molar-refractivity contribution in [3.8, 4) is 0 Å². The van der Waals surface area contributed by atoms with Crippen molar-refractivity contribution in [1.82, 2.24) is 10.6 Å². The molecule has 2 amide bonds. The number of hydrogen-bond donors (Lipinski definition) is 2. The molecule has 2 aliphatic rings. The minimum atomic E-state index is -0.0856. The molecule has 2 fully saturated rings. The zero-order valence-corrected chi connectivity index (χ0v) is 13.5. The maximum Gasteiger partial charge on any atom is 0.315 e. The molecule has 0 unspecified atom stereocenters. The number of ether oxygens (including phenoxy) is 1. The summed E-state index contributed by atoms with van der Waals surface area (Å²) in [5.41, 5.74) is 2.58. The van der Waals surface area contributed by atoms with Crippen LogP contribution >= 0.6 is 0 Å². The van der Waals surface area contributed by atoms with Crippen LogP contribution in [0.15, 0.2) is 24.3 Å². The first-order chi connectivity index (χ1) is 10.6. The van der Waals surface area contributed by atoms with Gasteiger partial charge in [-0.2, -0.15) is 0 Å². The van der Waals surface area contributed by atoms with E-state index in [-0.39, 0.29) is 24.3 Å². The molecular weight excluding hydrogens is 276 g/mol. The van der Waals surface area contributed by atoms with Crippen LogP contribution in [-0.2, 0) is 11.3 Å². The molecule has 2 atom stereocenters. The van der Waals surface area contributed by atoms with Crippen LogP contribution in [0.25, 0.3) is 0 Å². The van der Waals surface area contributed by atoms with Gasteiger partial charge in [0.1, 0.15) is 0 Å². The smallest absolute Gasteiger partial charge is 0.315 e. The molecule has 0 aromatic heterocycles. The van der Waals surface area contributed by atoms with Gasteiger partial charge in [0.05, 0.1) is 12.2 Å². The average Bonchev–Trinajstić information content (AvgIpc) is 3.29. The van der Waals surface area contributed by atoms with Crippen LogP contribution in [0.4, 0.5) is 4.79 Å². The van der Waals surface area contributed by atoms with Gasteiger partial charge in [0.15, 0.2) is 0 Å². The molecule has 1 heterocycles. The van der Waals surface area contributed by atoms with Crippen molar-refractivity contribution in [2.75, 3.05) is 0 Å². The lowest BCUT2D eigenvalue weighted by Crippen LogP contribution is -2.47. The van der Waals surface area contributed by atoms with Gasteiger partial charge in [0.2, 0.25) is 0 Å². The van der Waals surface area contributed by atoms with Crippen molar-refractivity contribution in [1.29, 1.82) is 0 Å². The molecular formula is C18H26N2O2. The lowest BCUT2D eigenvalue weighted by Gasteiger charge is -2.32. The minimum absolute atomic E-state index is 0.0856. The summed E-state index contributed by atoms with van der Waals surface area (Å²) in [6.07, 6.45) is 4.83. The Morgan fingerprint density at radius 2 is 1.77 bits per heavy atom. The zero-order valence-electron chi connectivity index (χ0n) is 13.5. The second-order valence-electron chi connectivity index (χ2n) is 6.77. The van der Waals surface area contributed by atoms with Crippen molar-refractivity contribution < 1.29 is 9.53 Å². The summed E-state index contributed by atoms with van der Waals surface area (Å²) in [4.78, 5) is 12.0. The van der Waals surface area contributed by atoms with Crippen molar-refractivity contribution >= 4 is 6.03 Å². The molecule has 0 spiro atoms. The predicted molar refractivity (Wildman–Crippen MR) is 86.8 cm³/mol. The van der Waals surface area contributed by atoms with Gasteiger partial charge < -0.3 is 15.4 Å². The highest BCUT2D eigenvalue weighted by atomic mass is 16.5. The molecule has 3 rings (SSSR count). The van der Waals surface area contributed by atoms with E-state index < -0.39 is 0 Å². The monoisotopic (exact) mass is 302 g/mol. The Labute approximate surface area is 132 Å². The van der Waals surface area contributed by atoms with E-state index in [1.165, 1.54) is 18.4 Å². The van der Waals surface area contributed by atoms with Crippen molar-refractivity contribution in [2.24, 2.45) is 0 Å². The van der Waals surface area contributed by atoms with E-state index in [4.69, 9.17) is 4.74 Å². The molecule has 4 heteroatoms. The first-order valence-electron chi connectivity index (χ1n) is 8.39. The molecule has 1 saturated heterocycles. The normalized spacial score (nSPS) is 28.2. The Kier molecular flexibility index (Phi) is 4.67. The van der Waals surface area contributed by atoms with E-state index >= 15 is 0 Å². The van der Waals surface area contributed by atoms with Crippen LogP contribution in [-0.4, -0.2) is 24.3 Å². The molecule has 1 aromatic carbocycles. The van der Waals surface area contributed by atoms with Crippen molar-refractivity contribution in [3.05, 3.63) is 35.4 Å². The lowest BCUT2D eigenvalue weighted by atomic mass is 10.0. The molecule has 1 saturated carbocycles. The van der Waals surface area contributed by atoms with E-state index in [9.17, 15) is 4.79 Å². The number of carbonyl (C=O) groups is 1. The van der Waals surface area contributed by atoms with Gasteiger partial charge >= 0.3 is 6.03 Å². The standard InChI is InChI=1S/C18H26N2O2/c1-12-9-17(10-13(2)22-12)20-18(21)19-11-14-3-5-15(6-4-14)16-7-8-16/h3-6,12-13,16-17H,7-11H2,1-2H3,(H2,19,20,21)/t12-,13-/m1/s1. The van der Waals surface area contributed by atoms with Crippen LogP contribution < -0.4 is 10.6 Å². The van der Waals surface area contributed by atoms with Gasteiger partial charge in [0, 0.05) is 12.6 Å². The van der Waals surface area contributed by atoms with Crippen LogP contribution in [0.3, 0.4) is 0 Å². The summed E-state index contributed by atoms with van der Waals surface area (Å²) < 4.78 is 5.69. The Morgan fingerprint density at radius 3 is 2.36 bits per heavy atom. The van der Waals surface area contributed by atoms with Gasteiger partial charge in [-0.3, -0.25) is 0 Å². The quantitative estimate of drug-likeness (QED) is 0.896. The van der Waals surface area contributed by atoms with E-state index in [0.717, 1.165) is 24.3 Å². The molecule has 1 aliphatic carbocycles. The number of nitrogens with one attached hydrogen (secondary N) is 2. The van der Waals surface area contributed by atoms with Gasteiger partial charge in [-0.15, -0.1) is 0 Å². The van der Waals surface area contributed by atoms with Gasteiger partial charge in [0.25, 0.3) is 0 Å². The molecule has 22 heavy (non-hydrogen) atoms. The van der Waals surface area contributed by atoms with E-state index in [2.05, 4.69) is 48.7 Å². The van der Waals surface area contributed by atoms with Crippen LogP contribution in [0.1, 0.15) is 56.6 Å². The van der Waals surface area contributed by atoms with E-state index in [1.807, 2.05) is 0 Å². The first kappa shape index (κ1) is 15.3. The third-order valence-corrected chi connectivity index (χ3v) is 4.51. The fourth-order valence-corrected chi connectivity index (χ4v) is 3.27. The summed E-state index contributed by atoms with van der Waals surface area (Å²) >= 11 is 0. The van der Waals surface area contributed by atoms with Crippen molar-refractivity contribution in [3.63, 3.8) is 0 Å². The maximum absolute atomic E-state index is 12.0. The number of hydrogen-bond acceptors (Lipinski definition) is 2. The maximum atomic E-state index is 12.0. The summed E-state index contributed by atoms with van der Waals surface area (Å²) in [6.45, 7) is 4.69. The topological polar surface area (TPSA) is 50.4 Å². The Bertz CT molecular complexity index is 500. The second-order valence-corrected chi connectivity index (χ2v) is 6.77. The highest BCUT2D eigenvalue weighted by Gasteiger charge is 2.25. The SMILES string of the molecule is C[C@@H]1CC(NC(=O)NCc2ccc(C3CC3)cc2)C[C@@H](C)O1. The number of amides is 2. The molecule has 0 radical (unpaired) electrons. The summed E-state index contributed by atoms with van der Waals surface area (Å²) in [5.74, 6) is 0.780.